The Morgan fingerprint density at radius 1 is 1.22 bits per heavy atom. The van der Waals surface area contributed by atoms with Crippen molar-refractivity contribution in [3.8, 4) is 17.2 Å². The number of carbonyl (C=O) groups is 2. The second-order valence-corrected chi connectivity index (χ2v) is 9.34. The summed E-state index contributed by atoms with van der Waals surface area (Å²) in [5, 5.41) is 11.1. The number of carbonyl (C=O) groups excluding carboxylic acids is 2. The fourth-order valence-electron chi connectivity index (χ4n) is 3.59. The zero-order valence-electron chi connectivity index (χ0n) is 19.1. The van der Waals surface area contributed by atoms with Crippen molar-refractivity contribution in [2.24, 2.45) is 0 Å². The lowest BCUT2D eigenvalue weighted by molar-refractivity contribution is -0.385. The van der Waals surface area contributed by atoms with Gasteiger partial charge in [0.15, 0.2) is 5.78 Å². The van der Waals surface area contributed by atoms with E-state index >= 15 is 0 Å². The molecule has 0 N–H and O–H groups in total. The monoisotopic (exact) mass is 441 g/mol. The fraction of sp³-hybridized carbons (Fsp3) is 0.417. The number of esters is 1. The van der Waals surface area contributed by atoms with Gasteiger partial charge in [0, 0.05) is 18.6 Å². The van der Waals surface area contributed by atoms with E-state index in [0.29, 0.717) is 22.8 Å². The number of non-ortho nitro benzene ring substituents is 1. The van der Waals surface area contributed by atoms with Crippen LogP contribution in [-0.2, 0) is 10.2 Å². The van der Waals surface area contributed by atoms with Gasteiger partial charge in [-0.25, -0.2) is 0 Å². The lowest BCUT2D eigenvalue weighted by Crippen LogP contribution is -2.44. The molecule has 0 radical (unpaired) electrons. The van der Waals surface area contributed by atoms with E-state index < -0.39 is 16.5 Å². The van der Waals surface area contributed by atoms with Crippen LogP contribution in [0.15, 0.2) is 30.3 Å². The van der Waals surface area contributed by atoms with Crippen molar-refractivity contribution < 1.29 is 28.7 Å². The van der Waals surface area contributed by atoms with Gasteiger partial charge in [-0.2, -0.15) is 0 Å². The minimum atomic E-state index is -0.973. The zero-order valence-corrected chi connectivity index (χ0v) is 19.1. The molecular weight excluding hydrogens is 414 g/mol. The van der Waals surface area contributed by atoms with E-state index in [1.165, 1.54) is 19.1 Å². The molecule has 2 aromatic rings. The van der Waals surface area contributed by atoms with Gasteiger partial charge in [0.2, 0.25) is 0 Å². The highest BCUT2D eigenvalue weighted by atomic mass is 16.6. The number of Topliss-reactive ketones (excluding diaryl/α,β-unsaturated/α-hetero) is 1. The highest BCUT2D eigenvalue weighted by Crippen LogP contribution is 2.42. The summed E-state index contributed by atoms with van der Waals surface area (Å²) in [5.74, 6) is 0.465. The topological polar surface area (TPSA) is 105 Å². The Kier molecular flexibility index (Phi) is 6.00. The first kappa shape index (κ1) is 23.2. The third-order valence-corrected chi connectivity index (χ3v) is 5.25. The van der Waals surface area contributed by atoms with Crippen molar-refractivity contribution in [1.82, 2.24) is 0 Å². The standard InChI is InChI=1S/C24H27NO7/c1-14-7-8-16(25(28)29)9-20(14)30-13-24(6)12-19(27)17-10-22(31-15(2)26)18(23(3,4)5)11-21(17)32-24/h7-11H,12-13H2,1-6H3. The Hall–Kier alpha value is -3.42. The molecule has 3 rings (SSSR count). The smallest absolute Gasteiger partial charge is 0.308 e. The molecule has 0 bridgehead atoms. The van der Waals surface area contributed by atoms with Gasteiger partial charge in [-0.1, -0.05) is 20.8 Å². The molecular formula is C24H27NO7. The maximum atomic E-state index is 13.0. The molecule has 0 saturated heterocycles. The molecule has 0 spiro atoms. The van der Waals surface area contributed by atoms with Gasteiger partial charge in [0.05, 0.1) is 23.0 Å². The average Bonchev–Trinajstić information content (AvgIpc) is 2.66. The van der Waals surface area contributed by atoms with E-state index in [1.54, 1.807) is 32.0 Å². The largest absolute Gasteiger partial charge is 0.489 e. The van der Waals surface area contributed by atoms with E-state index in [0.717, 1.165) is 11.1 Å². The molecule has 8 nitrogen and oxygen atoms in total. The SMILES string of the molecule is CC(=O)Oc1cc2c(cc1C(C)(C)C)OC(C)(COc1cc([N+](=O)[O-])ccc1C)CC2=O. The van der Waals surface area contributed by atoms with Crippen molar-refractivity contribution >= 4 is 17.4 Å². The molecule has 32 heavy (non-hydrogen) atoms. The number of nitro benzene ring substituents is 1. The van der Waals surface area contributed by atoms with E-state index in [9.17, 15) is 19.7 Å². The van der Waals surface area contributed by atoms with Gasteiger partial charge in [-0.3, -0.25) is 19.7 Å². The van der Waals surface area contributed by atoms with Crippen LogP contribution in [0.5, 0.6) is 17.2 Å². The number of benzene rings is 2. The van der Waals surface area contributed by atoms with Crippen LogP contribution in [-0.4, -0.2) is 28.9 Å². The van der Waals surface area contributed by atoms with Gasteiger partial charge < -0.3 is 14.2 Å². The second kappa shape index (κ2) is 8.26. The van der Waals surface area contributed by atoms with E-state index in [1.807, 2.05) is 20.8 Å². The van der Waals surface area contributed by atoms with Crippen molar-refractivity contribution in [2.75, 3.05) is 6.61 Å². The Labute approximate surface area is 186 Å². The molecule has 0 aromatic heterocycles. The lowest BCUT2D eigenvalue weighted by atomic mass is 9.83. The molecule has 8 heteroatoms. The van der Waals surface area contributed by atoms with Crippen LogP contribution in [0, 0.1) is 17.0 Å². The zero-order chi connectivity index (χ0) is 23.8. The molecule has 0 fully saturated rings. The minimum absolute atomic E-state index is 0.0245. The van der Waals surface area contributed by atoms with Crippen molar-refractivity contribution in [2.45, 2.75) is 59.0 Å². The lowest BCUT2D eigenvalue weighted by Gasteiger charge is -2.36. The van der Waals surface area contributed by atoms with Crippen LogP contribution in [0.3, 0.4) is 0 Å². The van der Waals surface area contributed by atoms with Gasteiger partial charge in [0.25, 0.3) is 5.69 Å². The maximum Gasteiger partial charge on any atom is 0.308 e. The van der Waals surface area contributed by atoms with Crippen LogP contribution in [0.4, 0.5) is 5.69 Å². The molecule has 2 aromatic carbocycles. The predicted molar refractivity (Wildman–Crippen MR) is 118 cm³/mol. The summed E-state index contributed by atoms with van der Waals surface area (Å²) in [4.78, 5) is 35.1. The van der Waals surface area contributed by atoms with Crippen LogP contribution >= 0.6 is 0 Å². The fourth-order valence-corrected chi connectivity index (χ4v) is 3.59. The summed E-state index contributed by atoms with van der Waals surface area (Å²) < 4.78 is 17.4. The first-order valence-electron chi connectivity index (χ1n) is 10.3. The Morgan fingerprint density at radius 3 is 2.50 bits per heavy atom. The summed E-state index contributed by atoms with van der Waals surface area (Å²) in [6.07, 6.45) is 0.0440. The quantitative estimate of drug-likeness (QED) is 0.280. The number of nitrogens with zero attached hydrogens (tertiary/aromatic N) is 1. The third-order valence-electron chi connectivity index (χ3n) is 5.25. The molecule has 1 heterocycles. The second-order valence-electron chi connectivity index (χ2n) is 9.34. The normalized spacial score (nSPS) is 17.9. The number of rotatable bonds is 5. The molecule has 1 atom stereocenters. The molecule has 0 amide bonds. The Morgan fingerprint density at radius 2 is 1.91 bits per heavy atom. The number of hydrogen-bond acceptors (Lipinski definition) is 7. The molecule has 1 aliphatic heterocycles. The van der Waals surface area contributed by atoms with E-state index in [4.69, 9.17) is 14.2 Å². The first-order chi connectivity index (χ1) is 14.8. The highest BCUT2D eigenvalue weighted by molar-refractivity contribution is 6.01. The molecule has 1 aliphatic rings. The number of hydrogen-bond donors (Lipinski definition) is 0. The van der Waals surface area contributed by atoms with Crippen LogP contribution in [0.2, 0.25) is 0 Å². The number of fused-ring (bicyclic) bond motifs is 1. The van der Waals surface area contributed by atoms with Gasteiger partial charge in [-0.15, -0.1) is 0 Å². The Bertz CT molecular complexity index is 1100. The highest BCUT2D eigenvalue weighted by Gasteiger charge is 2.39. The average molecular weight is 441 g/mol. The summed E-state index contributed by atoms with van der Waals surface area (Å²) in [6, 6.07) is 7.69. The van der Waals surface area contributed by atoms with E-state index in [2.05, 4.69) is 0 Å². The van der Waals surface area contributed by atoms with Crippen LogP contribution < -0.4 is 14.2 Å². The van der Waals surface area contributed by atoms with Crippen LogP contribution in [0.1, 0.15) is 62.5 Å². The molecule has 0 saturated carbocycles. The maximum absolute atomic E-state index is 13.0. The number of ether oxygens (including phenoxy) is 3. The minimum Gasteiger partial charge on any atom is -0.489 e. The molecule has 1 unspecified atom stereocenters. The van der Waals surface area contributed by atoms with E-state index in [-0.39, 0.29) is 29.9 Å². The number of ketones is 1. The summed E-state index contributed by atoms with van der Waals surface area (Å²) in [7, 11) is 0. The predicted octanol–water partition coefficient (Wildman–Crippen LogP) is 4.93. The summed E-state index contributed by atoms with van der Waals surface area (Å²) in [6.45, 7) is 10.8. The van der Waals surface area contributed by atoms with Gasteiger partial charge in [0.1, 0.15) is 29.5 Å². The number of nitro groups is 1. The first-order valence-corrected chi connectivity index (χ1v) is 10.3. The summed E-state index contributed by atoms with van der Waals surface area (Å²) in [5.41, 5.74) is 0.408. The van der Waals surface area contributed by atoms with Crippen molar-refractivity contribution in [3.05, 3.63) is 57.1 Å². The van der Waals surface area contributed by atoms with Crippen molar-refractivity contribution in [1.29, 1.82) is 0 Å². The van der Waals surface area contributed by atoms with Crippen molar-refractivity contribution in [3.63, 3.8) is 0 Å². The van der Waals surface area contributed by atoms with Crippen LogP contribution in [0.25, 0.3) is 0 Å². The number of aryl methyl sites for hydroxylation is 1. The summed E-state index contributed by atoms with van der Waals surface area (Å²) >= 11 is 0. The third kappa shape index (κ3) is 4.90. The Balaban J connectivity index is 1.91. The molecule has 170 valence electrons. The van der Waals surface area contributed by atoms with Gasteiger partial charge in [-0.05, 0) is 43.0 Å². The molecule has 0 aliphatic carbocycles. The van der Waals surface area contributed by atoms with Gasteiger partial charge >= 0.3 is 5.97 Å².